The standard InChI is InChI=1S/C19H32N2O7.2C2H6/c1-3-25-9-10-27-13-14-28-12-11-26-8-7-21-17-16(18(23)19(17)24)20-6-4-5-15(2)22;2*1-2/h20-21H,3-14H2,1-2H3;2*1-2H3. The van der Waals surface area contributed by atoms with Crippen LogP contribution in [0.25, 0.3) is 0 Å². The number of ketones is 1. The minimum atomic E-state index is -0.526. The lowest BCUT2D eigenvalue weighted by Crippen LogP contribution is -2.38. The van der Waals surface area contributed by atoms with Crippen molar-refractivity contribution in [3.8, 4) is 0 Å². The highest BCUT2D eigenvalue weighted by Crippen LogP contribution is 2.13. The molecule has 188 valence electrons. The van der Waals surface area contributed by atoms with Crippen LogP contribution in [-0.4, -0.2) is 71.7 Å². The number of nitrogens with one attached hydrogen (secondary N) is 2. The molecule has 0 amide bonds. The molecule has 0 atom stereocenters. The van der Waals surface area contributed by atoms with E-state index in [9.17, 15) is 14.4 Å². The predicted octanol–water partition coefficient (Wildman–Crippen LogP) is 2.61. The number of carbonyl (C=O) groups is 1. The normalized spacial score (nSPS) is 10.1. The van der Waals surface area contributed by atoms with E-state index < -0.39 is 10.9 Å². The van der Waals surface area contributed by atoms with Crippen molar-refractivity contribution in [1.29, 1.82) is 0 Å². The Bertz CT molecular complexity index is 628. The average Bonchev–Trinajstić information content (AvgIpc) is 2.82. The molecule has 0 aromatic heterocycles. The van der Waals surface area contributed by atoms with Gasteiger partial charge in [0.25, 0.3) is 10.9 Å². The van der Waals surface area contributed by atoms with Crippen molar-refractivity contribution in [2.45, 2.75) is 54.4 Å². The van der Waals surface area contributed by atoms with Gasteiger partial charge in [0.1, 0.15) is 17.2 Å². The van der Waals surface area contributed by atoms with Crippen molar-refractivity contribution in [2.75, 3.05) is 76.6 Å². The SMILES string of the molecule is CC.CC.CCOCCOCCOCCOCCNc1c(NCCCC(C)=O)c(=O)c1=O. The highest BCUT2D eigenvalue weighted by Gasteiger charge is 2.19. The van der Waals surface area contributed by atoms with E-state index >= 15 is 0 Å². The number of hydrogen-bond donors (Lipinski definition) is 2. The second kappa shape index (κ2) is 23.8. The smallest absolute Gasteiger partial charge is 0.253 e. The van der Waals surface area contributed by atoms with E-state index in [4.69, 9.17) is 18.9 Å². The Kier molecular flexibility index (Phi) is 24.1. The Hall–Kier alpha value is -1.81. The first-order valence-electron chi connectivity index (χ1n) is 11.7. The maximum Gasteiger partial charge on any atom is 0.253 e. The molecule has 1 aromatic rings. The molecule has 0 saturated heterocycles. The Morgan fingerprint density at radius 3 is 1.53 bits per heavy atom. The quantitative estimate of drug-likeness (QED) is 0.238. The number of Topliss-reactive ketones (excluding diaryl/α,β-unsaturated/α-hetero) is 1. The molecule has 0 aliphatic rings. The van der Waals surface area contributed by atoms with Crippen LogP contribution in [0.2, 0.25) is 0 Å². The largest absolute Gasteiger partial charge is 0.380 e. The summed E-state index contributed by atoms with van der Waals surface area (Å²) in [4.78, 5) is 34.1. The number of carbonyl (C=O) groups excluding carboxylic acids is 1. The predicted molar refractivity (Wildman–Crippen MR) is 130 cm³/mol. The molecule has 32 heavy (non-hydrogen) atoms. The van der Waals surface area contributed by atoms with E-state index in [1.54, 1.807) is 0 Å². The number of hydrogen-bond acceptors (Lipinski definition) is 9. The molecule has 1 aromatic carbocycles. The molecule has 0 aliphatic carbocycles. The van der Waals surface area contributed by atoms with Gasteiger partial charge in [-0.2, -0.15) is 0 Å². The highest BCUT2D eigenvalue weighted by molar-refractivity contribution is 5.76. The van der Waals surface area contributed by atoms with Gasteiger partial charge < -0.3 is 34.4 Å². The first-order valence-corrected chi connectivity index (χ1v) is 11.7. The van der Waals surface area contributed by atoms with Crippen LogP contribution in [0.4, 0.5) is 11.4 Å². The molecular weight excluding hydrogens is 416 g/mol. The molecule has 0 radical (unpaired) electrons. The van der Waals surface area contributed by atoms with Crippen molar-refractivity contribution in [3.63, 3.8) is 0 Å². The van der Waals surface area contributed by atoms with E-state index in [0.717, 1.165) is 0 Å². The van der Waals surface area contributed by atoms with E-state index in [1.165, 1.54) is 6.92 Å². The van der Waals surface area contributed by atoms with Gasteiger partial charge >= 0.3 is 0 Å². The fourth-order valence-electron chi connectivity index (χ4n) is 2.33. The summed E-state index contributed by atoms with van der Waals surface area (Å²) in [7, 11) is 0. The van der Waals surface area contributed by atoms with Gasteiger partial charge in [-0.1, -0.05) is 27.7 Å². The van der Waals surface area contributed by atoms with Gasteiger partial charge in [-0.25, -0.2) is 0 Å². The van der Waals surface area contributed by atoms with Crippen molar-refractivity contribution in [3.05, 3.63) is 20.4 Å². The second-order valence-electron chi connectivity index (χ2n) is 6.10. The van der Waals surface area contributed by atoms with Crippen LogP contribution in [0.5, 0.6) is 0 Å². The summed E-state index contributed by atoms with van der Waals surface area (Å²) in [5.74, 6) is 0.0976. The Morgan fingerprint density at radius 1 is 0.688 bits per heavy atom. The van der Waals surface area contributed by atoms with Crippen LogP contribution < -0.4 is 21.5 Å². The van der Waals surface area contributed by atoms with Crippen LogP contribution in [-0.2, 0) is 23.7 Å². The zero-order valence-corrected chi connectivity index (χ0v) is 20.8. The summed E-state index contributed by atoms with van der Waals surface area (Å²) in [5, 5.41) is 5.83. The average molecular weight is 461 g/mol. The van der Waals surface area contributed by atoms with Crippen LogP contribution in [0.3, 0.4) is 0 Å². The van der Waals surface area contributed by atoms with Crippen LogP contribution in [0.1, 0.15) is 54.4 Å². The van der Waals surface area contributed by atoms with Crippen molar-refractivity contribution in [2.24, 2.45) is 0 Å². The number of rotatable bonds is 19. The van der Waals surface area contributed by atoms with Gasteiger partial charge in [0.2, 0.25) is 0 Å². The maximum absolute atomic E-state index is 11.6. The number of anilines is 2. The lowest BCUT2D eigenvalue weighted by Gasteiger charge is -2.14. The second-order valence-corrected chi connectivity index (χ2v) is 6.10. The van der Waals surface area contributed by atoms with Crippen molar-refractivity contribution >= 4 is 17.2 Å². The monoisotopic (exact) mass is 460 g/mol. The zero-order chi connectivity index (χ0) is 24.6. The molecule has 1 rings (SSSR count). The third-order valence-electron chi connectivity index (χ3n) is 3.79. The number of ether oxygens (including phenoxy) is 4. The summed E-state index contributed by atoms with van der Waals surface area (Å²) < 4.78 is 21.2. The maximum atomic E-state index is 11.6. The minimum absolute atomic E-state index is 0.0976. The summed E-state index contributed by atoms with van der Waals surface area (Å²) in [5.41, 5.74) is -0.469. The fourth-order valence-corrected chi connectivity index (χ4v) is 2.33. The Balaban J connectivity index is 0. The summed E-state index contributed by atoms with van der Waals surface area (Å²) in [6.07, 6.45) is 1.06. The van der Waals surface area contributed by atoms with E-state index in [-0.39, 0.29) is 11.5 Å². The molecule has 0 bridgehead atoms. The summed E-state index contributed by atoms with van der Waals surface area (Å²) >= 11 is 0. The fraction of sp³-hybridized carbons (Fsp3) is 0.783. The molecule has 9 heteroatoms. The van der Waals surface area contributed by atoms with Crippen LogP contribution in [0.15, 0.2) is 9.59 Å². The molecule has 2 N–H and O–H groups in total. The van der Waals surface area contributed by atoms with Gasteiger partial charge in [0.05, 0.1) is 46.2 Å². The molecule has 9 nitrogen and oxygen atoms in total. The Labute approximate surface area is 192 Å². The first-order chi connectivity index (χ1) is 15.6. The summed E-state index contributed by atoms with van der Waals surface area (Å²) in [6.45, 7) is 16.5. The van der Waals surface area contributed by atoms with Gasteiger partial charge in [-0.05, 0) is 20.3 Å². The third kappa shape index (κ3) is 15.9. The van der Waals surface area contributed by atoms with E-state index in [2.05, 4.69) is 10.6 Å². The molecule has 0 heterocycles. The Morgan fingerprint density at radius 2 is 1.09 bits per heavy atom. The van der Waals surface area contributed by atoms with Gasteiger partial charge in [-0.15, -0.1) is 0 Å². The van der Waals surface area contributed by atoms with Gasteiger partial charge in [-0.3, -0.25) is 9.59 Å². The van der Waals surface area contributed by atoms with Crippen molar-refractivity contribution < 1.29 is 23.7 Å². The minimum Gasteiger partial charge on any atom is -0.380 e. The zero-order valence-electron chi connectivity index (χ0n) is 20.8. The molecule has 0 fully saturated rings. The molecule has 0 aliphatic heterocycles. The van der Waals surface area contributed by atoms with Gasteiger partial charge in [0.15, 0.2) is 0 Å². The lowest BCUT2D eigenvalue weighted by molar-refractivity contribution is -0.117. The molecule has 0 spiro atoms. The van der Waals surface area contributed by atoms with Crippen LogP contribution in [0, 0.1) is 0 Å². The topological polar surface area (TPSA) is 112 Å². The highest BCUT2D eigenvalue weighted by atomic mass is 16.6. The molecular formula is C23H44N2O7. The van der Waals surface area contributed by atoms with Gasteiger partial charge in [0, 0.05) is 26.1 Å². The van der Waals surface area contributed by atoms with Crippen LogP contribution >= 0.6 is 0 Å². The van der Waals surface area contributed by atoms with E-state index in [1.807, 2.05) is 34.6 Å². The van der Waals surface area contributed by atoms with E-state index in [0.29, 0.717) is 84.5 Å². The molecule has 0 saturated carbocycles. The first kappa shape index (κ1) is 32.4. The molecule has 0 unspecified atom stereocenters. The summed E-state index contributed by atoms with van der Waals surface area (Å²) in [6, 6.07) is 0. The third-order valence-corrected chi connectivity index (χ3v) is 3.79. The lowest BCUT2D eigenvalue weighted by atomic mass is 10.1. The van der Waals surface area contributed by atoms with Crippen molar-refractivity contribution in [1.82, 2.24) is 0 Å².